The van der Waals surface area contributed by atoms with Gasteiger partial charge in [0.25, 0.3) is 0 Å². The summed E-state index contributed by atoms with van der Waals surface area (Å²) >= 11 is 0. The van der Waals surface area contributed by atoms with Gasteiger partial charge in [-0.15, -0.1) is 12.4 Å². The van der Waals surface area contributed by atoms with Crippen LogP contribution in [0.4, 0.5) is 0 Å². The average Bonchev–Trinajstić information content (AvgIpc) is 2.48. The lowest BCUT2D eigenvalue weighted by Gasteiger charge is -2.34. The van der Waals surface area contributed by atoms with E-state index in [0.717, 1.165) is 31.1 Å². The molecule has 1 unspecified atom stereocenters. The van der Waals surface area contributed by atoms with Crippen molar-refractivity contribution in [3.63, 3.8) is 0 Å². The van der Waals surface area contributed by atoms with Crippen molar-refractivity contribution in [2.24, 2.45) is 0 Å². The number of benzene rings is 1. The average molecular weight is 315 g/mol. The molecule has 1 aromatic rings. The molecule has 0 spiro atoms. The van der Waals surface area contributed by atoms with E-state index in [-0.39, 0.29) is 24.4 Å². The van der Waals surface area contributed by atoms with Crippen molar-refractivity contribution in [3.05, 3.63) is 24.3 Å². The first kappa shape index (κ1) is 17.6. The highest BCUT2D eigenvalue weighted by Gasteiger charge is 2.22. The Morgan fingerprint density at radius 2 is 2.00 bits per heavy atom. The fourth-order valence-corrected chi connectivity index (χ4v) is 2.28. The molecule has 1 atom stereocenters. The van der Waals surface area contributed by atoms with Gasteiger partial charge in [-0.3, -0.25) is 4.79 Å². The van der Waals surface area contributed by atoms with Gasteiger partial charge in [-0.2, -0.15) is 0 Å². The van der Waals surface area contributed by atoms with Crippen LogP contribution in [-0.2, 0) is 4.79 Å². The van der Waals surface area contributed by atoms with Crippen LogP contribution in [0.25, 0.3) is 0 Å². The molecule has 1 N–H and O–H groups in total. The second-order valence-electron chi connectivity index (χ2n) is 4.91. The zero-order chi connectivity index (χ0) is 14.4. The zero-order valence-electron chi connectivity index (χ0n) is 12.5. The van der Waals surface area contributed by atoms with E-state index in [1.807, 2.05) is 29.2 Å². The largest absolute Gasteiger partial charge is 0.497 e. The predicted molar refractivity (Wildman–Crippen MR) is 84.4 cm³/mol. The highest BCUT2D eigenvalue weighted by atomic mass is 35.5. The highest BCUT2D eigenvalue weighted by molar-refractivity contribution is 5.85. The molecule has 0 aliphatic carbocycles. The molecule has 2 rings (SSSR count). The second kappa shape index (κ2) is 8.74. The molecule has 1 aliphatic rings. The summed E-state index contributed by atoms with van der Waals surface area (Å²) in [5, 5.41) is 3.28. The van der Waals surface area contributed by atoms with E-state index >= 15 is 0 Å². The summed E-state index contributed by atoms with van der Waals surface area (Å²) in [6.45, 7) is 4.99. The fraction of sp³-hybridized carbons (Fsp3) is 0.533. The molecule has 1 aliphatic heterocycles. The van der Waals surface area contributed by atoms with E-state index in [2.05, 4.69) is 12.2 Å². The lowest BCUT2D eigenvalue weighted by molar-refractivity contribution is -0.134. The number of carbonyl (C=O) groups excluding carboxylic acids is 1. The maximum absolute atomic E-state index is 12.1. The maximum atomic E-state index is 12.1. The highest BCUT2D eigenvalue weighted by Crippen LogP contribution is 2.17. The van der Waals surface area contributed by atoms with Crippen LogP contribution in [0.1, 0.15) is 13.3 Å². The van der Waals surface area contributed by atoms with E-state index in [9.17, 15) is 4.79 Å². The summed E-state index contributed by atoms with van der Waals surface area (Å²) < 4.78 is 10.7. The van der Waals surface area contributed by atoms with Crippen molar-refractivity contribution in [1.82, 2.24) is 10.2 Å². The van der Waals surface area contributed by atoms with Gasteiger partial charge in [0.15, 0.2) is 0 Å². The molecular formula is C15H23ClN2O3. The Kier molecular flexibility index (Phi) is 7.32. The quantitative estimate of drug-likeness (QED) is 0.899. The Hall–Kier alpha value is -1.46. The van der Waals surface area contributed by atoms with Crippen molar-refractivity contribution in [2.45, 2.75) is 19.4 Å². The number of rotatable bonds is 5. The molecular weight excluding hydrogens is 292 g/mol. The number of methoxy groups -OCH3 is 1. The normalized spacial score (nSPS) is 17.8. The minimum absolute atomic E-state index is 0. The lowest BCUT2D eigenvalue weighted by atomic mass is 10.2. The predicted octanol–water partition coefficient (Wildman–Crippen LogP) is 1.71. The molecule has 21 heavy (non-hydrogen) atoms. The van der Waals surface area contributed by atoms with Crippen molar-refractivity contribution < 1.29 is 14.3 Å². The number of carbonyl (C=O) groups is 1. The minimum Gasteiger partial charge on any atom is -0.497 e. The molecule has 6 heteroatoms. The van der Waals surface area contributed by atoms with Crippen molar-refractivity contribution in [3.8, 4) is 11.5 Å². The Labute approximate surface area is 132 Å². The van der Waals surface area contributed by atoms with Gasteiger partial charge >= 0.3 is 0 Å². The number of nitrogens with zero attached hydrogens (tertiary/aromatic N) is 1. The van der Waals surface area contributed by atoms with Crippen LogP contribution >= 0.6 is 12.4 Å². The molecule has 118 valence electrons. The molecule has 1 aromatic carbocycles. The van der Waals surface area contributed by atoms with Gasteiger partial charge in [-0.05, 0) is 31.2 Å². The Morgan fingerprint density at radius 3 is 2.62 bits per heavy atom. The molecule has 0 radical (unpaired) electrons. The third kappa shape index (κ3) is 5.10. The van der Waals surface area contributed by atoms with Gasteiger partial charge in [-0.25, -0.2) is 0 Å². The van der Waals surface area contributed by atoms with Crippen molar-refractivity contribution in [2.75, 3.05) is 33.4 Å². The first-order valence-corrected chi connectivity index (χ1v) is 6.97. The van der Waals surface area contributed by atoms with Gasteiger partial charge in [0.2, 0.25) is 5.91 Å². The van der Waals surface area contributed by atoms with Crippen LogP contribution in [0.2, 0.25) is 0 Å². The SMILES string of the molecule is COc1ccc(OCCC(=O)N2CCNCC2C)cc1.Cl. The summed E-state index contributed by atoms with van der Waals surface area (Å²) in [5.74, 6) is 1.71. The Bertz CT molecular complexity index is 439. The first-order valence-electron chi connectivity index (χ1n) is 6.97. The molecule has 1 heterocycles. The smallest absolute Gasteiger partial charge is 0.226 e. The summed E-state index contributed by atoms with van der Waals surface area (Å²) in [6.07, 6.45) is 0.413. The van der Waals surface area contributed by atoms with E-state index in [1.165, 1.54) is 0 Å². The van der Waals surface area contributed by atoms with Crippen molar-refractivity contribution >= 4 is 18.3 Å². The lowest BCUT2D eigenvalue weighted by Crippen LogP contribution is -2.52. The van der Waals surface area contributed by atoms with E-state index < -0.39 is 0 Å². The molecule has 1 amide bonds. The summed E-state index contributed by atoms with van der Waals surface area (Å²) in [7, 11) is 1.63. The van der Waals surface area contributed by atoms with Crippen molar-refractivity contribution in [1.29, 1.82) is 0 Å². The van der Waals surface area contributed by atoms with Crippen LogP contribution in [0.5, 0.6) is 11.5 Å². The number of hydrogen-bond donors (Lipinski definition) is 1. The molecule has 5 nitrogen and oxygen atoms in total. The number of nitrogens with one attached hydrogen (secondary N) is 1. The summed E-state index contributed by atoms with van der Waals surface area (Å²) in [4.78, 5) is 14.0. The van der Waals surface area contributed by atoms with Crippen LogP contribution in [0, 0.1) is 0 Å². The van der Waals surface area contributed by atoms with Gasteiger partial charge < -0.3 is 19.7 Å². The van der Waals surface area contributed by atoms with Crippen LogP contribution in [0.3, 0.4) is 0 Å². The molecule has 0 bridgehead atoms. The summed E-state index contributed by atoms with van der Waals surface area (Å²) in [5.41, 5.74) is 0. The van der Waals surface area contributed by atoms with Gasteiger partial charge in [-0.1, -0.05) is 0 Å². The van der Waals surface area contributed by atoms with Crippen LogP contribution in [0.15, 0.2) is 24.3 Å². The third-order valence-electron chi connectivity index (χ3n) is 3.47. The van der Waals surface area contributed by atoms with Crippen LogP contribution in [-0.4, -0.2) is 50.2 Å². The molecule has 1 fully saturated rings. The fourth-order valence-electron chi connectivity index (χ4n) is 2.28. The number of piperazine rings is 1. The van der Waals surface area contributed by atoms with E-state index in [4.69, 9.17) is 9.47 Å². The van der Waals surface area contributed by atoms with E-state index in [0.29, 0.717) is 13.0 Å². The topological polar surface area (TPSA) is 50.8 Å². The Morgan fingerprint density at radius 1 is 1.33 bits per heavy atom. The number of halogens is 1. The maximum Gasteiger partial charge on any atom is 0.226 e. The zero-order valence-corrected chi connectivity index (χ0v) is 13.3. The monoisotopic (exact) mass is 314 g/mol. The Balaban J connectivity index is 0.00000220. The van der Waals surface area contributed by atoms with Crippen LogP contribution < -0.4 is 14.8 Å². The van der Waals surface area contributed by atoms with Gasteiger partial charge in [0.05, 0.1) is 20.1 Å². The second-order valence-corrected chi connectivity index (χ2v) is 4.91. The van der Waals surface area contributed by atoms with Gasteiger partial charge in [0, 0.05) is 25.7 Å². The molecule has 0 saturated carbocycles. The molecule has 0 aromatic heterocycles. The minimum atomic E-state index is 0. The van der Waals surface area contributed by atoms with E-state index in [1.54, 1.807) is 7.11 Å². The summed E-state index contributed by atoms with van der Waals surface area (Å²) in [6, 6.07) is 7.63. The number of amides is 1. The standard InChI is InChI=1S/C15H22N2O3.ClH/c1-12-11-16-8-9-17(12)15(18)7-10-20-14-5-3-13(19-2)4-6-14;/h3-6,12,16H,7-11H2,1-2H3;1H. The first-order chi connectivity index (χ1) is 9.70. The molecule has 1 saturated heterocycles. The third-order valence-corrected chi connectivity index (χ3v) is 3.47. The number of hydrogen-bond acceptors (Lipinski definition) is 4. The van der Waals surface area contributed by atoms with Gasteiger partial charge in [0.1, 0.15) is 11.5 Å². The number of ether oxygens (including phenoxy) is 2.